The Morgan fingerprint density at radius 3 is 2.81 bits per heavy atom. The number of hydrogen-bond acceptors (Lipinski definition) is 5. The van der Waals surface area contributed by atoms with E-state index in [1.165, 1.54) is 6.07 Å². The molecule has 1 aromatic heterocycles. The van der Waals surface area contributed by atoms with Crippen molar-refractivity contribution in [2.45, 2.75) is 13.3 Å². The van der Waals surface area contributed by atoms with E-state index in [9.17, 15) is 9.59 Å². The fraction of sp³-hybridized carbons (Fsp3) is 0.214. The predicted octanol–water partition coefficient (Wildman–Crippen LogP) is 1.70. The van der Waals surface area contributed by atoms with Crippen molar-refractivity contribution in [3.05, 3.63) is 46.0 Å². The molecule has 2 rings (SSSR count). The zero-order chi connectivity index (χ0) is 15.4. The molecule has 0 aliphatic rings. The van der Waals surface area contributed by atoms with Crippen molar-refractivity contribution in [3.63, 3.8) is 0 Å². The molecule has 0 fully saturated rings. The summed E-state index contributed by atoms with van der Waals surface area (Å²) >= 11 is 1.15. The zero-order valence-electron chi connectivity index (χ0n) is 11.4. The van der Waals surface area contributed by atoms with Crippen molar-refractivity contribution in [2.24, 2.45) is 0 Å². The Kier molecular flexibility index (Phi) is 4.54. The van der Waals surface area contributed by atoms with E-state index >= 15 is 0 Å². The number of nitrogens with one attached hydrogen (secondary N) is 1. The summed E-state index contributed by atoms with van der Waals surface area (Å²) in [6.45, 7) is 2.15. The lowest BCUT2D eigenvalue weighted by Crippen LogP contribution is -2.25. The topological polar surface area (TPSA) is 105 Å². The van der Waals surface area contributed by atoms with E-state index in [-0.39, 0.29) is 11.5 Å². The molecule has 1 aromatic carbocycles. The van der Waals surface area contributed by atoms with Gasteiger partial charge in [-0.2, -0.15) is 0 Å². The molecular weight excluding hydrogens is 290 g/mol. The zero-order valence-corrected chi connectivity index (χ0v) is 12.2. The monoisotopic (exact) mass is 305 g/mol. The molecule has 0 saturated carbocycles. The van der Waals surface area contributed by atoms with Crippen LogP contribution in [0.25, 0.3) is 0 Å². The second-order valence-corrected chi connectivity index (χ2v) is 5.51. The third-order valence-corrected chi connectivity index (χ3v) is 3.88. The average molecular weight is 305 g/mol. The lowest BCUT2D eigenvalue weighted by atomic mass is 10.1. The van der Waals surface area contributed by atoms with Gasteiger partial charge in [-0.05, 0) is 31.0 Å². The summed E-state index contributed by atoms with van der Waals surface area (Å²) in [5.74, 6) is -1.17. The Labute approximate surface area is 125 Å². The van der Waals surface area contributed by atoms with Crippen LogP contribution >= 0.6 is 11.3 Å². The van der Waals surface area contributed by atoms with Crippen LogP contribution in [0.3, 0.4) is 0 Å². The summed E-state index contributed by atoms with van der Waals surface area (Å²) in [5.41, 5.74) is 7.27. The number of rotatable bonds is 5. The average Bonchev–Trinajstić information content (AvgIpc) is 2.78. The predicted molar refractivity (Wildman–Crippen MR) is 80.7 cm³/mol. The van der Waals surface area contributed by atoms with Crippen LogP contribution in [0, 0.1) is 6.92 Å². The largest absolute Gasteiger partial charge is 0.478 e. The number of benzene rings is 1. The minimum absolute atomic E-state index is 0.212. The number of hydrogen-bond donors (Lipinski definition) is 3. The van der Waals surface area contributed by atoms with E-state index in [4.69, 9.17) is 10.8 Å². The van der Waals surface area contributed by atoms with Gasteiger partial charge in [-0.15, -0.1) is 0 Å². The van der Waals surface area contributed by atoms with Gasteiger partial charge in [-0.3, -0.25) is 4.79 Å². The Morgan fingerprint density at radius 2 is 2.19 bits per heavy atom. The maximum Gasteiger partial charge on any atom is 0.335 e. The number of nitrogens with two attached hydrogens (primary N) is 1. The maximum absolute atomic E-state index is 12.0. The van der Waals surface area contributed by atoms with Gasteiger partial charge >= 0.3 is 5.97 Å². The first-order valence-electron chi connectivity index (χ1n) is 6.30. The molecule has 0 spiro atoms. The molecule has 0 saturated heterocycles. The Morgan fingerprint density at radius 1 is 1.43 bits per heavy atom. The molecule has 1 amide bonds. The molecular formula is C14H15N3O3S. The number of aromatic nitrogens is 1. The van der Waals surface area contributed by atoms with Crippen LogP contribution in [-0.4, -0.2) is 28.5 Å². The van der Waals surface area contributed by atoms with Gasteiger partial charge in [0, 0.05) is 6.54 Å². The molecule has 6 nitrogen and oxygen atoms in total. The standard InChI is InChI=1S/C14H15N3O3S/c1-8-11(21-14(15)17-8)12(18)16-6-5-9-3-2-4-10(7-9)13(19)20/h2-4,7H,5-6H2,1H3,(H2,15,17)(H,16,18)(H,19,20). The van der Waals surface area contributed by atoms with Crippen LogP contribution in [0.2, 0.25) is 0 Å². The quantitative estimate of drug-likeness (QED) is 0.779. The second kappa shape index (κ2) is 6.36. The van der Waals surface area contributed by atoms with Crippen molar-refractivity contribution >= 4 is 28.3 Å². The van der Waals surface area contributed by atoms with E-state index in [2.05, 4.69) is 10.3 Å². The summed E-state index contributed by atoms with van der Waals surface area (Å²) in [6.07, 6.45) is 0.556. The highest BCUT2D eigenvalue weighted by Gasteiger charge is 2.13. The molecule has 0 atom stereocenters. The SMILES string of the molecule is Cc1nc(N)sc1C(=O)NCCc1cccc(C(=O)O)c1. The number of nitrogens with zero attached hydrogens (tertiary/aromatic N) is 1. The van der Waals surface area contributed by atoms with Crippen LogP contribution in [0.15, 0.2) is 24.3 Å². The highest BCUT2D eigenvalue weighted by atomic mass is 32.1. The number of nitrogen functional groups attached to an aromatic ring is 1. The van der Waals surface area contributed by atoms with E-state index < -0.39 is 5.97 Å². The number of carbonyl (C=O) groups excluding carboxylic acids is 1. The van der Waals surface area contributed by atoms with E-state index in [0.717, 1.165) is 16.9 Å². The normalized spacial score (nSPS) is 10.3. The molecule has 4 N–H and O–H groups in total. The summed E-state index contributed by atoms with van der Waals surface area (Å²) in [6, 6.07) is 6.65. The number of aromatic carboxylic acids is 1. The van der Waals surface area contributed by atoms with Crippen molar-refractivity contribution in [3.8, 4) is 0 Å². The maximum atomic E-state index is 12.0. The molecule has 21 heavy (non-hydrogen) atoms. The van der Waals surface area contributed by atoms with Crippen molar-refractivity contribution in [1.29, 1.82) is 0 Å². The van der Waals surface area contributed by atoms with E-state index in [0.29, 0.717) is 28.7 Å². The van der Waals surface area contributed by atoms with Gasteiger partial charge in [0.2, 0.25) is 0 Å². The van der Waals surface area contributed by atoms with Gasteiger partial charge in [-0.1, -0.05) is 23.5 Å². The van der Waals surface area contributed by atoms with E-state index in [1.807, 2.05) is 6.07 Å². The number of carboxylic acid groups (broad SMARTS) is 1. The molecule has 0 unspecified atom stereocenters. The smallest absolute Gasteiger partial charge is 0.335 e. The number of carboxylic acids is 1. The third kappa shape index (κ3) is 3.79. The van der Waals surface area contributed by atoms with Gasteiger partial charge in [0.1, 0.15) is 4.88 Å². The number of amides is 1. The second-order valence-electron chi connectivity index (χ2n) is 4.48. The lowest BCUT2D eigenvalue weighted by molar-refractivity contribution is 0.0696. The molecule has 0 aliphatic carbocycles. The Balaban J connectivity index is 1.92. The van der Waals surface area contributed by atoms with Crippen molar-refractivity contribution in [2.75, 3.05) is 12.3 Å². The van der Waals surface area contributed by atoms with Gasteiger partial charge < -0.3 is 16.2 Å². The summed E-state index contributed by atoms with van der Waals surface area (Å²) < 4.78 is 0. The number of carbonyl (C=O) groups is 2. The van der Waals surface area contributed by atoms with Crippen molar-refractivity contribution in [1.82, 2.24) is 10.3 Å². The van der Waals surface area contributed by atoms with Gasteiger partial charge in [0.05, 0.1) is 11.3 Å². The molecule has 2 aromatic rings. The lowest BCUT2D eigenvalue weighted by Gasteiger charge is -2.05. The highest BCUT2D eigenvalue weighted by molar-refractivity contribution is 7.17. The summed E-state index contributed by atoms with van der Waals surface area (Å²) in [5, 5.41) is 12.1. The van der Waals surface area contributed by atoms with Gasteiger partial charge in [0.25, 0.3) is 5.91 Å². The fourth-order valence-electron chi connectivity index (χ4n) is 1.89. The Bertz CT molecular complexity index is 682. The van der Waals surface area contributed by atoms with Crippen LogP contribution in [0.4, 0.5) is 5.13 Å². The van der Waals surface area contributed by atoms with Crippen LogP contribution in [0.5, 0.6) is 0 Å². The number of thiazole rings is 1. The highest BCUT2D eigenvalue weighted by Crippen LogP contribution is 2.19. The first kappa shape index (κ1) is 15.0. The van der Waals surface area contributed by atoms with Crippen LogP contribution < -0.4 is 11.1 Å². The number of aryl methyl sites for hydroxylation is 1. The summed E-state index contributed by atoms with van der Waals surface area (Å²) in [4.78, 5) is 27.3. The molecule has 1 heterocycles. The molecule has 110 valence electrons. The minimum Gasteiger partial charge on any atom is -0.478 e. The molecule has 0 bridgehead atoms. The first-order valence-corrected chi connectivity index (χ1v) is 7.12. The Hall–Kier alpha value is -2.41. The van der Waals surface area contributed by atoms with E-state index in [1.54, 1.807) is 19.1 Å². The number of anilines is 1. The third-order valence-electron chi connectivity index (χ3n) is 2.89. The molecule has 0 radical (unpaired) electrons. The molecule has 0 aliphatic heterocycles. The minimum atomic E-state index is -0.961. The van der Waals surface area contributed by atoms with Gasteiger partial charge in [-0.25, -0.2) is 9.78 Å². The van der Waals surface area contributed by atoms with Gasteiger partial charge in [0.15, 0.2) is 5.13 Å². The van der Waals surface area contributed by atoms with Crippen molar-refractivity contribution < 1.29 is 14.7 Å². The van der Waals surface area contributed by atoms with Crippen LogP contribution in [-0.2, 0) is 6.42 Å². The molecule has 7 heteroatoms. The summed E-state index contributed by atoms with van der Waals surface area (Å²) in [7, 11) is 0. The first-order chi connectivity index (χ1) is 9.97. The van der Waals surface area contributed by atoms with Crippen LogP contribution in [0.1, 0.15) is 31.3 Å². The fourth-order valence-corrected chi connectivity index (χ4v) is 2.64.